The molecule has 3 rings (SSSR count). The number of hydrogen-bond donors (Lipinski definition) is 15. The van der Waals surface area contributed by atoms with E-state index in [-0.39, 0.29) is 239 Å². The molecule has 45 heteroatoms. The molecular formula is C91H149N15O27S3. The highest BCUT2D eigenvalue weighted by Gasteiger charge is 2.37. The van der Waals surface area contributed by atoms with Gasteiger partial charge in [-0.05, 0) is 129 Å². The lowest BCUT2D eigenvalue weighted by Gasteiger charge is -2.28. The lowest BCUT2D eigenvalue weighted by Crippen LogP contribution is -2.53. The Morgan fingerprint density at radius 1 is 0.507 bits per heavy atom. The van der Waals surface area contributed by atoms with Crippen LogP contribution in [0.3, 0.4) is 0 Å². The first-order valence-corrected chi connectivity index (χ1v) is 50.2. The molecule has 1 aromatic rings. The summed E-state index contributed by atoms with van der Waals surface area (Å²) < 4.78 is 43.5. The van der Waals surface area contributed by atoms with E-state index in [1.165, 1.54) is 0 Å². The van der Waals surface area contributed by atoms with E-state index in [2.05, 4.69) is 63.2 Å². The van der Waals surface area contributed by atoms with Crippen molar-refractivity contribution < 1.29 is 130 Å². The molecule has 0 spiro atoms. The number of nitrogens with zero attached hydrogens (tertiary/aromatic N) is 3. The summed E-state index contributed by atoms with van der Waals surface area (Å²) >= 11 is 0.957. The average Bonchev–Trinajstić information content (AvgIpc) is 1.20. The molecular weight excluding hydrogens is 1830 g/mol. The number of unbranched alkanes of at least 4 members (excludes halogenated alkanes) is 1. The molecule has 2 saturated heterocycles. The molecule has 768 valence electrons. The van der Waals surface area contributed by atoms with Crippen LogP contribution in [0.2, 0.25) is 0 Å². The van der Waals surface area contributed by atoms with Crippen LogP contribution in [0.4, 0.5) is 0 Å². The number of oxime groups is 2. The van der Waals surface area contributed by atoms with Crippen LogP contribution in [0.25, 0.3) is 0 Å². The predicted octanol–water partition coefficient (Wildman–Crippen LogP) is 2.70. The molecule has 1 aromatic carbocycles. The predicted molar refractivity (Wildman–Crippen MR) is 512 cm³/mol. The number of hydrogen-bond acceptors (Lipinski definition) is 33. The van der Waals surface area contributed by atoms with Crippen molar-refractivity contribution >= 4 is 145 Å². The summed E-state index contributed by atoms with van der Waals surface area (Å²) in [5.74, 6) is -15.0. The minimum absolute atomic E-state index is 0.00379. The Hall–Kier alpha value is -9.16. The van der Waals surface area contributed by atoms with E-state index < -0.39 is 150 Å². The highest BCUT2D eigenvalue weighted by molar-refractivity contribution is 8.76. The Bertz CT molecular complexity index is 3910. The van der Waals surface area contributed by atoms with Gasteiger partial charge >= 0.3 is 5.97 Å². The van der Waals surface area contributed by atoms with E-state index in [0.29, 0.717) is 82.4 Å². The van der Waals surface area contributed by atoms with E-state index in [4.69, 9.17) is 55.1 Å². The number of carboxylic acid groups (broad SMARTS) is 1. The van der Waals surface area contributed by atoms with E-state index in [0.717, 1.165) is 59.0 Å². The first-order chi connectivity index (χ1) is 65.0. The number of ether oxygens (including phenoxy) is 8. The van der Waals surface area contributed by atoms with Gasteiger partial charge in [0.05, 0.1) is 119 Å². The Labute approximate surface area is 809 Å². The molecule has 2 heterocycles. The zero-order valence-corrected chi connectivity index (χ0v) is 82.2. The first-order valence-electron chi connectivity index (χ1n) is 46.6. The zero-order valence-electron chi connectivity index (χ0n) is 79.8. The summed E-state index contributed by atoms with van der Waals surface area (Å²) in [6.07, 6.45) is 3.56. The van der Waals surface area contributed by atoms with Gasteiger partial charge in [0.2, 0.25) is 53.2 Å². The van der Waals surface area contributed by atoms with Gasteiger partial charge in [0, 0.05) is 132 Å². The smallest absolute Gasteiger partial charge is 0.304 e. The van der Waals surface area contributed by atoms with E-state index in [1.807, 2.05) is 27.7 Å². The van der Waals surface area contributed by atoms with E-state index in [9.17, 15) is 92.2 Å². The first kappa shape index (κ1) is 121. The summed E-state index contributed by atoms with van der Waals surface area (Å²) in [6, 6.07) is 3.18. The third-order valence-corrected chi connectivity index (χ3v) is 25.9. The maximum Gasteiger partial charge on any atom is 0.304 e. The second-order valence-electron chi connectivity index (χ2n) is 34.5. The fourth-order valence-corrected chi connectivity index (χ4v) is 17.2. The van der Waals surface area contributed by atoms with Gasteiger partial charge in [-0.25, -0.2) is 0 Å². The largest absolute Gasteiger partial charge is 0.481 e. The van der Waals surface area contributed by atoms with Gasteiger partial charge in [-0.3, -0.25) is 81.7 Å². The maximum atomic E-state index is 15.0. The summed E-state index contributed by atoms with van der Waals surface area (Å²) in [6.45, 7) is 14.0. The van der Waals surface area contributed by atoms with E-state index >= 15 is 0 Å². The number of aliphatic carboxylic acids is 1. The van der Waals surface area contributed by atoms with E-state index in [1.54, 1.807) is 44.2 Å². The van der Waals surface area contributed by atoms with Gasteiger partial charge in [-0.15, -0.1) is 11.8 Å². The molecule has 8 atom stereocenters. The van der Waals surface area contributed by atoms with Gasteiger partial charge in [-0.1, -0.05) is 88.9 Å². The number of Topliss-reactive ketones (excluding diaryl/α,β-unsaturated/α-hetero) is 6. The van der Waals surface area contributed by atoms with Crippen molar-refractivity contribution in [2.45, 2.75) is 225 Å². The number of carbonyl (C=O) groups is 16. The Morgan fingerprint density at radius 3 is 1.62 bits per heavy atom. The number of nitrogens with one attached hydrogen (secondary N) is 9. The van der Waals surface area contributed by atoms with Gasteiger partial charge in [0.15, 0.2) is 40.7 Å². The van der Waals surface area contributed by atoms with Crippen molar-refractivity contribution in [2.75, 3.05) is 168 Å². The van der Waals surface area contributed by atoms with Gasteiger partial charge < -0.3 is 118 Å². The van der Waals surface area contributed by atoms with Crippen LogP contribution >= 0.6 is 33.3 Å². The Balaban J connectivity index is 1.72. The standard InChI is InChI=1S/C91H149N15O27S3/c1-62(105-124)90(3,4)30-13-20-64(29-34-100-91(5,6)63(2)106-125)28-33-96-81(115)27-12-26-80(114)95-31-11-10-24-72-88(123)104-75-60-136-135-59-74(103-87(122)68(52-84(118)119)49-71(109)53-99-85(120)66(50-77(75)111)21-14-32-98-89(93)94)78(112)51-67(48-65-18-8-7-9-19-65)86(121)102-73(58-134-61-83(117)101-72)76(110)25-17-38-128-42-46-130-44-40-126-36-15-22-69(107)54-132-55-70(108)23-16-37-127-41-45-131-47-43-129-39-35-97-82(116)57-133-56-79(92)113/h7-9,18-19,64,66-68,72-75,100,124-125H,10-17,20-61H2,1-6H3,(H2,92,113)(H,95,114)(H,96,115)(H,97,116)(H,99,120)(H,101,117)(H,102,121)(H,103,122)(H,104,123)(H,118,119)(H4,93,94,98)/b105-62+,106-63+/t64?,66-,67-,68+,72+,73+,74+,75+/m1/s1. The number of primary amides is 1. The van der Waals surface area contributed by atoms with Crippen LogP contribution < -0.4 is 65.1 Å². The number of rotatable bonds is 66. The molecule has 136 heavy (non-hydrogen) atoms. The number of benzene rings is 1. The minimum atomic E-state index is -1.56. The second kappa shape index (κ2) is 72.2. The van der Waals surface area contributed by atoms with Crippen molar-refractivity contribution in [1.82, 2.24) is 47.9 Å². The number of fused-ring (bicyclic) bond motifs is 5. The number of aliphatic imine (C=N–C) groups is 1. The number of thioether (sulfide) groups is 1. The topological polar surface area (TPSA) is 631 Å². The highest BCUT2D eigenvalue weighted by Crippen LogP contribution is 2.30. The summed E-state index contributed by atoms with van der Waals surface area (Å²) in [4.78, 5) is 220. The Kier molecular flexibility index (Phi) is 64.2. The van der Waals surface area contributed by atoms with Gasteiger partial charge in [-0.2, -0.15) is 0 Å². The Morgan fingerprint density at radius 2 is 1.04 bits per heavy atom. The number of ketones is 6. The minimum Gasteiger partial charge on any atom is -0.481 e. The molecule has 2 bridgehead atoms. The van der Waals surface area contributed by atoms with Crippen LogP contribution in [-0.4, -0.2) is 324 Å². The summed E-state index contributed by atoms with van der Waals surface area (Å²) in [7, 11) is 1.99. The van der Waals surface area contributed by atoms with Crippen LogP contribution in [0.1, 0.15) is 195 Å². The van der Waals surface area contributed by atoms with Crippen molar-refractivity contribution in [2.24, 2.45) is 61.6 Å². The third-order valence-electron chi connectivity index (χ3n) is 22.4. The number of carbonyl (C=O) groups excluding carboxylic acids is 15. The third kappa shape index (κ3) is 57.9. The van der Waals surface area contributed by atoms with Gasteiger partial charge in [0.1, 0.15) is 32.5 Å². The van der Waals surface area contributed by atoms with Crippen LogP contribution in [0.5, 0.6) is 0 Å². The number of amides is 9. The molecule has 0 saturated carbocycles. The van der Waals surface area contributed by atoms with Gasteiger partial charge in [0.25, 0.3) is 0 Å². The van der Waals surface area contributed by atoms with Crippen LogP contribution in [-0.2, 0) is 121 Å². The molecule has 9 amide bonds. The summed E-state index contributed by atoms with van der Waals surface area (Å²) in [5.41, 5.74) is 17.0. The molecule has 0 aromatic heterocycles. The lowest BCUT2D eigenvalue weighted by molar-refractivity contribution is -0.142. The fraction of sp³-hybridized carbons (Fsp3) is 0.725. The molecule has 2 fully saturated rings. The van der Waals surface area contributed by atoms with Crippen LogP contribution in [0.15, 0.2) is 45.6 Å². The zero-order chi connectivity index (χ0) is 100. The van der Waals surface area contributed by atoms with Crippen molar-refractivity contribution in [1.29, 1.82) is 0 Å². The molecule has 2 aliphatic heterocycles. The monoisotopic (exact) mass is 1980 g/mol. The normalized spacial score (nSPS) is 18.9. The molecule has 2 aliphatic rings. The number of nitrogens with two attached hydrogens (primary N) is 3. The van der Waals surface area contributed by atoms with Crippen molar-refractivity contribution in [3.63, 3.8) is 0 Å². The maximum absolute atomic E-state index is 15.0. The molecule has 0 aliphatic carbocycles. The SMILES string of the molecule is C/C(=N\O)C(C)(C)CCCC(CCNC(=O)CCCC(=O)NCCCC[C@@H]1NC(=O)CSC[C@@H](C(=O)CCCOCCOCCOCCCC(=O)COCC(=O)CCCOCCOCCOCCNC(=O)COCC(N)=O)NC(=O)[C@H](Cc2ccccc2)CC(=O)[C@@H]2CSSC[C@H](NC1=O)C(=O)C[C@@H](CCCN=C(N)N)C(=O)NCC(=O)C[C@@H](CC(=O)O)C(=O)N2)CCNC(C)(C)/C(C)=N/O. The van der Waals surface area contributed by atoms with Crippen molar-refractivity contribution in [3.05, 3.63) is 35.9 Å². The highest BCUT2D eigenvalue weighted by atomic mass is 33.1. The van der Waals surface area contributed by atoms with Crippen LogP contribution in [0, 0.1) is 29.1 Å². The lowest BCUT2D eigenvalue weighted by atomic mass is 9.81. The molecule has 0 radical (unpaired) electrons. The quantitative estimate of drug-likeness (QED) is 0.0111. The fourth-order valence-electron chi connectivity index (χ4n) is 13.9. The second-order valence-corrected chi connectivity index (χ2v) is 38.1. The average molecular weight is 1980 g/mol. The van der Waals surface area contributed by atoms with Crippen molar-refractivity contribution in [3.8, 4) is 0 Å². The molecule has 42 nitrogen and oxygen atoms in total. The number of guanidine groups is 1. The number of carboxylic acids is 1. The molecule has 1 unspecified atom stereocenters. The summed E-state index contributed by atoms with van der Waals surface area (Å²) in [5, 5.41) is 61.1. The molecule has 18 N–H and O–H groups in total.